The van der Waals surface area contributed by atoms with Gasteiger partial charge in [0.2, 0.25) is 0 Å². The van der Waals surface area contributed by atoms with Gasteiger partial charge in [-0.2, -0.15) is 13.2 Å². The normalized spacial score (nSPS) is 12.0. The van der Waals surface area contributed by atoms with Crippen molar-refractivity contribution in [2.45, 2.75) is 6.18 Å². The Morgan fingerprint density at radius 1 is 1.00 bits per heavy atom. The molecule has 0 saturated heterocycles. The average molecular weight is 281 g/mol. The smallest absolute Gasteiger partial charge is 0.343 e. The molecule has 0 saturated carbocycles. The maximum absolute atomic E-state index is 13.2. The molecule has 0 unspecified atom stereocenters. The number of hydrogen-bond acceptors (Lipinski definition) is 2. The van der Waals surface area contributed by atoms with Crippen LogP contribution < -0.4 is 0 Å². The number of nitrogens with one attached hydrogen (secondary N) is 1. The second-order valence-corrected chi connectivity index (χ2v) is 4.19. The molecule has 2 heterocycles. The van der Waals surface area contributed by atoms with Gasteiger partial charge in [0.1, 0.15) is 5.82 Å². The zero-order valence-electron chi connectivity index (χ0n) is 9.87. The lowest BCUT2D eigenvalue weighted by atomic mass is 10.0. The molecule has 0 amide bonds. The van der Waals surface area contributed by atoms with E-state index in [9.17, 15) is 17.6 Å². The standard InChI is InChI=1S/C13H7F4N3/c14-10-2-1-7(3-9(10)13(15,16)17)8-4-11-12(18-5-8)20-6-19-11/h1-6H,(H,18,19,20). The molecule has 1 N–H and O–H groups in total. The predicted molar refractivity (Wildman–Crippen MR) is 64.3 cm³/mol. The SMILES string of the molecule is Fc1ccc(-c2cnc3nc[nH]c3c2)cc1C(F)(F)F. The molecule has 0 aliphatic rings. The number of hydrogen-bond donors (Lipinski definition) is 1. The summed E-state index contributed by atoms with van der Waals surface area (Å²) in [7, 11) is 0. The molecule has 0 bridgehead atoms. The van der Waals surface area contributed by atoms with Crippen LogP contribution in [0.4, 0.5) is 17.6 Å². The van der Waals surface area contributed by atoms with E-state index in [1.54, 1.807) is 6.07 Å². The Labute approximate surface area is 110 Å². The van der Waals surface area contributed by atoms with Crippen LogP contribution in [-0.4, -0.2) is 15.0 Å². The van der Waals surface area contributed by atoms with Crippen molar-refractivity contribution >= 4 is 11.2 Å². The van der Waals surface area contributed by atoms with E-state index in [1.807, 2.05) is 0 Å². The molecule has 7 heteroatoms. The highest BCUT2D eigenvalue weighted by Crippen LogP contribution is 2.34. The lowest BCUT2D eigenvalue weighted by Gasteiger charge is -2.10. The van der Waals surface area contributed by atoms with Crippen molar-refractivity contribution < 1.29 is 17.6 Å². The van der Waals surface area contributed by atoms with E-state index in [4.69, 9.17) is 0 Å². The molecule has 1 aromatic carbocycles. The Bertz CT molecular complexity index is 777. The summed E-state index contributed by atoms with van der Waals surface area (Å²) in [5, 5.41) is 0. The predicted octanol–water partition coefficient (Wildman–Crippen LogP) is 3.78. The molecule has 2 aromatic heterocycles. The number of H-pyrrole nitrogens is 1. The van der Waals surface area contributed by atoms with Crippen molar-refractivity contribution in [1.82, 2.24) is 15.0 Å². The molecule has 0 radical (unpaired) electrons. The molecular formula is C13H7F4N3. The number of fused-ring (bicyclic) bond motifs is 1. The second kappa shape index (κ2) is 4.29. The highest BCUT2D eigenvalue weighted by Gasteiger charge is 2.34. The van der Waals surface area contributed by atoms with Crippen molar-refractivity contribution in [1.29, 1.82) is 0 Å². The van der Waals surface area contributed by atoms with Crippen LogP contribution in [0.2, 0.25) is 0 Å². The summed E-state index contributed by atoms with van der Waals surface area (Å²) >= 11 is 0. The molecule has 102 valence electrons. The second-order valence-electron chi connectivity index (χ2n) is 4.19. The number of benzene rings is 1. The highest BCUT2D eigenvalue weighted by atomic mass is 19.4. The Morgan fingerprint density at radius 3 is 2.55 bits per heavy atom. The number of halogens is 4. The summed E-state index contributed by atoms with van der Waals surface area (Å²) in [5.41, 5.74) is 0.460. The van der Waals surface area contributed by atoms with Crippen LogP contribution in [0, 0.1) is 5.82 Å². The number of alkyl halides is 3. The lowest BCUT2D eigenvalue weighted by Crippen LogP contribution is -2.08. The molecule has 3 aromatic rings. The Hall–Kier alpha value is -2.44. The van der Waals surface area contributed by atoms with Gasteiger partial charge in [-0.3, -0.25) is 0 Å². The van der Waals surface area contributed by atoms with Crippen molar-refractivity contribution in [2.24, 2.45) is 0 Å². The first-order valence-electron chi connectivity index (χ1n) is 5.61. The minimum absolute atomic E-state index is 0.239. The fourth-order valence-corrected chi connectivity index (χ4v) is 1.91. The van der Waals surface area contributed by atoms with Crippen LogP contribution in [0.1, 0.15) is 5.56 Å². The van der Waals surface area contributed by atoms with Gasteiger partial charge < -0.3 is 4.98 Å². The maximum Gasteiger partial charge on any atom is 0.419 e. The van der Waals surface area contributed by atoms with Crippen molar-refractivity contribution in [3.8, 4) is 11.1 Å². The zero-order chi connectivity index (χ0) is 14.3. The molecule has 0 spiro atoms. The summed E-state index contributed by atoms with van der Waals surface area (Å²) in [6, 6.07) is 4.47. The Morgan fingerprint density at radius 2 is 1.80 bits per heavy atom. The summed E-state index contributed by atoms with van der Waals surface area (Å²) in [5.74, 6) is -1.29. The largest absolute Gasteiger partial charge is 0.419 e. The van der Waals surface area contributed by atoms with Gasteiger partial charge in [-0.25, -0.2) is 14.4 Å². The van der Waals surface area contributed by atoms with Gasteiger partial charge in [0.25, 0.3) is 0 Å². The van der Waals surface area contributed by atoms with Crippen LogP contribution in [0.25, 0.3) is 22.3 Å². The average Bonchev–Trinajstić information content (AvgIpc) is 2.85. The number of aromatic nitrogens is 3. The van der Waals surface area contributed by atoms with E-state index in [1.165, 1.54) is 18.6 Å². The van der Waals surface area contributed by atoms with Gasteiger partial charge in [-0.15, -0.1) is 0 Å². The summed E-state index contributed by atoms with van der Waals surface area (Å²) in [6.45, 7) is 0. The minimum Gasteiger partial charge on any atom is -0.343 e. The van der Waals surface area contributed by atoms with Crippen LogP contribution in [0.5, 0.6) is 0 Å². The van der Waals surface area contributed by atoms with E-state index < -0.39 is 17.6 Å². The summed E-state index contributed by atoms with van der Waals surface area (Å²) in [4.78, 5) is 10.7. The van der Waals surface area contributed by atoms with E-state index in [-0.39, 0.29) is 5.56 Å². The molecule has 0 aliphatic heterocycles. The topological polar surface area (TPSA) is 41.6 Å². The number of imidazole rings is 1. The Kier molecular flexibility index (Phi) is 2.70. The summed E-state index contributed by atoms with van der Waals surface area (Å²) in [6.07, 6.45) is -1.89. The molecule has 3 rings (SSSR count). The quantitative estimate of drug-likeness (QED) is 0.690. The summed E-state index contributed by atoms with van der Waals surface area (Å²) < 4.78 is 51.3. The Balaban J connectivity index is 2.14. The first-order chi connectivity index (χ1) is 9.45. The zero-order valence-corrected chi connectivity index (χ0v) is 9.87. The van der Waals surface area contributed by atoms with Gasteiger partial charge in [-0.05, 0) is 23.8 Å². The number of rotatable bonds is 1. The fraction of sp³-hybridized carbons (Fsp3) is 0.0769. The molecule has 20 heavy (non-hydrogen) atoms. The number of nitrogens with zero attached hydrogens (tertiary/aromatic N) is 2. The monoisotopic (exact) mass is 281 g/mol. The minimum atomic E-state index is -4.73. The molecule has 0 atom stereocenters. The molecular weight excluding hydrogens is 274 g/mol. The van der Waals surface area contributed by atoms with Crippen LogP contribution in [-0.2, 0) is 6.18 Å². The molecule has 0 fully saturated rings. The van der Waals surface area contributed by atoms with Gasteiger partial charge in [0.05, 0.1) is 17.4 Å². The third-order valence-electron chi connectivity index (χ3n) is 2.88. The van der Waals surface area contributed by atoms with Crippen molar-refractivity contribution in [3.05, 3.63) is 48.2 Å². The van der Waals surface area contributed by atoms with E-state index in [0.29, 0.717) is 16.7 Å². The van der Waals surface area contributed by atoms with Crippen molar-refractivity contribution in [2.75, 3.05) is 0 Å². The first kappa shape index (κ1) is 12.6. The van der Waals surface area contributed by atoms with E-state index in [2.05, 4.69) is 15.0 Å². The third-order valence-corrected chi connectivity index (χ3v) is 2.88. The fourth-order valence-electron chi connectivity index (χ4n) is 1.91. The van der Waals surface area contributed by atoms with Gasteiger partial charge in [0, 0.05) is 11.8 Å². The van der Waals surface area contributed by atoms with Gasteiger partial charge >= 0.3 is 6.18 Å². The maximum atomic E-state index is 13.2. The molecule has 3 nitrogen and oxygen atoms in total. The van der Waals surface area contributed by atoms with Gasteiger partial charge in [-0.1, -0.05) is 6.07 Å². The lowest BCUT2D eigenvalue weighted by molar-refractivity contribution is -0.139. The third kappa shape index (κ3) is 2.11. The highest BCUT2D eigenvalue weighted by molar-refractivity contribution is 5.77. The van der Waals surface area contributed by atoms with Crippen LogP contribution in [0.3, 0.4) is 0 Å². The first-order valence-corrected chi connectivity index (χ1v) is 5.61. The van der Waals surface area contributed by atoms with Crippen LogP contribution >= 0.6 is 0 Å². The van der Waals surface area contributed by atoms with E-state index in [0.717, 1.165) is 12.1 Å². The van der Waals surface area contributed by atoms with E-state index >= 15 is 0 Å². The van der Waals surface area contributed by atoms with Crippen LogP contribution in [0.15, 0.2) is 36.8 Å². The van der Waals surface area contributed by atoms with Crippen molar-refractivity contribution in [3.63, 3.8) is 0 Å². The number of pyridine rings is 1. The number of aromatic amines is 1. The molecule has 0 aliphatic carbocycles. The van der Waals surface area contributed by atoms with Gasteiger partial charge in [0.15, 0.2) is 5.65 Å².